The van der Waals surface area contributed by atoms with Gasteiger partial charge in [-0.2, -0.15) is 0 Å². The summed E-state index contributed by atoms with van der Waals surface area (Å²) in [4.78, 5) is 0. The summed E-state index contributed by atoms with van der Waals surface area (Å²) in [5, 5.41) is 3.96. The van der Waals surface area contributed by atoms with Crippen LogP contribution in [0.25, 0.3) is 0 Å². The van der Waals surface area contributed by atoms with Gasteiger partial charge in [0.05, 0.1) is 0 Å². The molecule has 108 valence electrons. The SMILES string of the molecule is C[C@@H](CNC1C2CC3CC(C2)CC1C3)c1ccccc1. The first kappa shape index (κ1) is 12.9. The van der Waals surface area contributed by atoms with Crippen LogP contribution in [0.5, 0.6) is 0 Å². The molecule has 0 spiro atoms. The Morgan fingerprint density at radius 1 is 0.950 bits per heavy atom. The molecule has 1 heteroatoms. The molecule has 4 aliphatic carbocycles. The predicted octanol–water partition coefficient (Wildman–Crippen LogP) is 4.20. The van der Waals surface area contributed by atoms with E-state index in [1.807, 2.05) is 0 Å². The fourth-order valence-corrected chi connectivity index (χ4v) is 5.47. The number of hydrogen-bond donors (Lipinski definition) is 1. The highest BCUT2D eigenvalue weighted by atomic mass is 14.9. The topological polar surface area (TPSA) is 12.0 Å². The monoisotopic (exact) mass is 269 g/mol. The average Bonchev–Trinajstić information content (AvgIpc) is 2.46. The molecule has 1 nitrogen and oxygen atoms in total. The lowest BCUT2D eigenvalue weighted by atomic mass is 9.54. The van der Waals surface area contributed by atoms with Crippen LogP contribution in [0.4, 0.5) is 0 Å². The van der Waals surface area contributed by atoms with Crippen LogP contribution in [-0.4, -0.2) is 12.6 Å². The molecular weight excluding hydrogens is 242 g/mol. The van der Waals surface area contributed by atoms with E-state index in [0.29, 0.717) is 5.92 Å². The summed E-state index contributed by atoms with van der Waals surface area (Å²) in [6.45, 7) is 3.51. The van der Waals surface area contributed by atoms with Crippen molar-refractivity contribution in [3.05, 3.63) is 35.9 Å². The highest BCUT2D eigenvalue weighted by molar-refractivity contribution is 5.19. The van der Waals surface area contributed by atoms with Gasteiger partial charge in [-0.25, -0.2) is 0 Å². The molecule has 1 aromatic carbocycles. The van der Waals surface area contributed by atoms with Crippen LogP contribution < -0.4 is 5.32 Å². The van der Waals surface area contributed by atoms with Gasteiger partial charge in [-0.1, -0.05) is 37.3 Å². The van der Waals surface area contributed by atoms with Crippen LogP contribution in [0.15, 0.2) is 30.3 Å². The van der Waals surface area contributed by atoms with Crippen LogP contribution in [0.1, 0.15) is 50.5 Å². The maximum absolute atomic E-state index is 3.96. The number of benzene rings is 1. The van der Waals surface area contributed by atoms with Crippen LogP contribution in [0.3, 0.4) is 0 Å². The zero-order valence-electron chi connectivity index (χ0n) is 12.6. The Labute approximate surface area is 123 Å². The molecule has 0 unspecified atom stereocenters. The molecule has 1 atom stereocenters. The Balaban J connectivity index is 1.38. The van der Waals surface area contributed by atoms with Crippen molar-refractivity contribution in [2.24, 2.45) is 23.7 Å². The van der Waals surface area contributed by atoms with Crippen molar-refractivity contribution in [2.45, 2.75) is 51.0 Å². The second kappa shape index (κ2) is 5.18. The molecule has 0 heterocycles. The van der Waals surface area contributed by atoms with E-state index in [-0.39, 0.29) is 0 Å². The predicted molar refractivity (Wildman–Crippen MR) is 83.7 cm³/mol. The van der Waals surface area contributed by atoms with Crippen molar-refractivity contribution >= 4 is 0 Å². The Hall–Kier alpha value is -0.820. The molecule has 5 rings (SSSR count). The first-order valence-corrected chi connectivity index (χ1v) is 8.58. The standard InChI is InChI=1S/C19H27N/c1-13(16-5-3-2-4-6-16)12-20-19-17-8-14-7-15(10-17)11-18(19)9-14/h2-6,13-15,17-20H,7-12H2,1H3/t13-,14?,15?,17?,18?,19?/m0/s1. The van der Waals surface area contributed by atoms with Crippen LogP contribution in [-0.2, 0) is 0 Å². The minimum atomic E-state index is 0.633. The summed E-state index contributed by atoms with van der Waals surface area (Å²) in [6, 6.07) is 11.8. The molecule has 0 aromatic heterocycles. The van der Waals surface area contributed by atoms with E-state index in [1.54, 1.807) is 6.42 Å². The molecule has 4 saturated carbocycles. The smallest absolute Gasteiger partial charge is 0.0124 e. The van der Waals surface area contributed by atoms with E-state index >= 15 is 0 Å². The Kier molecular flexibility index (Phi) is 3.34. The summed E-state index contributed by atoms with van der Waals surface area (Å²) in [6.07, 6.45) is 7.63. The van der Waals surface area contributed by atoms with E-state index in [1.165, 1.54) is 31.2 Å². The number of hydrogen-bond acceptors (Lipinski definition) is 1. The van der Waals surface area contributed by atoms with Crippen molar-refractivity contribution in [3.63, 3.8) is 0 Å². The molecular formula is C19H27N. The lowest BCUT2D eigenvalue weighted by Gasteiger charge is -2.54. The normalized spacial score (nSPS) is 40.0. The van der Waals surface area contributed by atoms with Crippen molar-refractivity contribution in [3.8, 4) is 0 Å². The molecule has 20 heavy (non-hydrogen) atoms. The molecule has 1 aromatic rings. The first-order chi connectivity index (χ1) is 9.79. The molecule has 4 aliphatic rings. The van der Waals surface area contributed by atoms with E-state index in [0.717, 1.165) is 36.3 Å². The maximum atomic E-state index is 3.96. The fraction of sp³-hybridized carbons (Fsp3) is 0.684. The van der Waals surface area contributed by atoms with Gasteiger partial charge in [-0.05, 0) is 67.3 Å². The lowest BCUT2D eigenvalue weighted by molar-refractivity contribution is -0.0138. The van der Waals surface area contributed by atoms with Crippen LogP contribution in [0.2, 0.25) is 0 Å². The van der Waals surface area contributed by atoms with Gasteiger partial charge in [0, 0.05) is 12.6 Å². The second-order valence-corrected chi connectivity index (χ2v) is 7.68. The molecule has 0 radical (unpaired) electrons. The summed E-state index contributed by atoms with van der Waals surface area (Å²) >= 11 is 0. The number of rotatable bonds is 4. The molecule has 0 saturated heterocycles. The van der Waals surface area contributed by atoms with E-state index in [4.69, 9.17) is 0 Å². The minimum Gasteiger partial charge on any atom is -0.313 e. The third-order valence-electron chi connectivity index (χ3n) is 6.26. The van der Waals surface area contributed by atoms with Gasteiger partial charge in [-0.15, -0.1) is 0 Å². The van der Waals surface area contributed by atoms with E-state index in [2.05, 4.69) is 42.6 Å². The summed E-state index contributed by atoms with van der Waals surface area (Å²) in [7, 11) is 0. The quantitative estimate of drug-likeness (QED) is 0.863. The third-order valence-corrected chi connectivity index (χ3v) is 6.26. The second-order valence-electron chi connectivity index (χ2n) is 7.68. The summed E-state index contributed by atoms with van der Waals surface area (Å²) in [5.74, 6) is 4.79. The average molecular weight is 269 g/mol. The highest BCUT2D eigenvalue weighted by Gasteiger charge is 2.47. The Morgan fingerprint density at radius 3 is 2.15 bits per heavy atom. The zero-order valence-corrected chi connectivity index (χ0v) is 12.6. The van der Waals surface area contributed by atoms with Crippen molar-refractivity contribution in [1.29, 1.82) is 0 Å². The van der Waals surface area contributed by atoms with Gasteiger partial charge in [0.2, 0.25) is 0 Å². The molecule has 0 aliphatic heterocycles. The summed E-state index contributed by atoms with van der Waals surface area (Å²) in [5.41, 5.74) is 1.48. The largest absolute Gasteiger partial charge is 0.313 e. The van der Waals surface area contributed by atoms with Gasteiger partial charge in [0.15, 0.2) is 0 Å². The number of nitrogens with one attached hydrogen (secondary N) is 1. The van der Waals surface area contributed by atoms with Gasteiger partial charge in [-0.3, -0.25) is 0 Å². The van der Waals surface area contributed by atoms with Crippen LogP contribution >= 0.6 is 0 Å². The molecule has 4 fully saturated rings. The van der Waals surface area contributed by atoms with Crippen molar-refractivity contribution < 1.29 is 0 Å². The molecule has 4 bridgehead atoms. The summed E-state index contributed by atoms with van der Waals surface area (Å²) < 4.78 is 0. The third kappa shape index (κ3) is 2.30. The van der Waals surface area contributed by atoms with E-state index in [9.17, 15) is 0 Å². The lowest BCUT2D eigenvalue weighted by Crippen LogP contribution is -2.55. The Bertz CT molecular complexity index is 424. The maximum Gasteiger partial charge on any atom is 0.0124 e. The van der Waals surface area contributed by atoms with Gasteiger partial charge >= 0.3 is 0 Å². The van der Waals surface area contributed by atoms with E-state index < -0.39 is 0 Å². The minimum absolute atomic E-state index is 0.633. The fourth-order valence-electron chi connectivity index (χ4n) is 5.47. The molecule has 0 amide bonds. The highest BCUT2D eigenvalue weighted by Crippen LogP contribution is 2.53. The van der Waals surface area contributed by atoms with Gasteiger partial charge < -0.3 is 5.32 Å². The van der Waals surface area contributed by atoms with Gasteiger partial charge in [0.1, 0.15) is 0 Å². The first-order valence-electron chi connectivity index (χ1n) is 8.58. The van der Waals surface area contributed by atoms with Crippen molar-refractivity contribution in [1.82, 2.24) is 5.32 Å². The Morgan fingerprint density at radius 2 is 1.55 bits per heavy atom. The van der Waals surface area contributed by atoms with Crippen LogP contribution in [0, 0.1) is 23.7 Å². The van der Waals surface area contributed by atoms with Gasteiger partial charge in [0.25, 0.3) is 0 Å². The van der Waals surface area contributed by atoms with Crippen molar-refractivity contribution in [2.75, 3.05) is 6.54 Å². The molecule has 1 N–H and O–H groups in total. The zero-order chi connectivity index (χ0) is 13.5.